The summed E-state index contributed by atoms with van der Waals surface area (Å²) in [7, 11) is -3.82. The summed E-state index contributed by atoms with van der Waals surface area (Å²) in [5, 5.41) is -0.118. The summed E-state index contributed by atoms with van der Waals surface area (Å²) in [6.45, 7) is 1.85. The summed E-state index contributed by atoms with van der Waals surface area (Å²) in [6.07, 6.45) is 0. The van der Waals surface area contributed by atoms with Gasteiger partial charge in [-0.3, -0.25) is 4.72 Å². The quantitative estimate of drug-likeness (QED) is 0.514. The van der Waals surface area contributed by atoms with Gasteiger partial charge in [0.1, 0.15) is 0 Å². The van der Waals surface area contributed by atoms with E-state index in [1.54, 1.807) is 12.1 Å². The molecule has 3 nitrogen and oxygen atoms in total. The summed E-state index contributed by atoms with van der Waals surface area (Å²) < 4.78 is 41.0. The Kier molecular flexibility index (Phi) is 4.97. The summed E-state index contributed by atoms with van der Waals surface area (Å²) in [6, 6.07) is 7.61. The lowest BCUT2D eigenvalue weighted by Gasteiger charge is -2.13. The second kappa shape index (κ2) is 6.24. The van der Waals surface area contributed by atoms with Crippen LogP contribution in [0.3, 0.4) is 0 Å². The molecule has 0 unspecified atom stereocenters. The van der Waals surface area contributed by atoms with Crippen LogP contribution in [0.15, 0.2) is 44.2 Å². The molecule has 0 heterocycles. The molecular weight excluding hydrogens is 448 g/mol. The van der Waals surface area contributed by atoms with E-state index in [0.717, 1.165) is 5.56 Å². The van der Waals surface area contributed by atoms with Crippen molar-refractivity contribution in [2.75, 3.05) is 4.72 Å². The van der Waals surface area contributed by atoms with Gasteiger partial charge in [-0.15, -0.1) is 0 Å². The van der Waals surface area contributed by atoms with E-state index in [9.17, 15) is 12.8 Å². The van der Waals surface area contributed by atoms with Crippen molar-refractivity contribution < 1.29 is 12.8 Å². The van der Waals surface area contributed by atoms with Crippen molar-refractivity contribution in [2.24, 2.45) is 0 Å². The molecule has 112 valence electrons. The largest absolute Gasteiger partial charge is 0.277 e. The Morgan fingerprint density at radius 1 is 1.19 bits per heavy atom. The molecule has 2 rings (SSSR count). The Morgan fingerprint density at radius 3 is 2.33 bits per heavy atom. The minimum absolute atomic E-state index is 0.0532. The zero-order valence-electron chi connectivity index (χ0n) is 10.6. The SMILES string of the molecule is Cc1ccc(S(=O)(=O)Nc2c(Br)cc(Cl)c(F)c2Br)cc1. The first-order chi connectivity index (χ1) is 9.72. The Bertz CT molecular complexity index is 795. The zero-order valence-corrected chi connectivity index (χ0v) is 15.4. The first-order valence-corrected chi connectivity index (χ1v) is 9.09. The van der Waals surface area contributed by atoms with Gasteiger partial charge < -0.3 is 0 Å². The number of halogens is 4. The van der Waals surface area contributed by atoms with Crippen LogP contribution in [0.2, 0.25) is 5.02 Å². The molecular formula is C13H9Br2ClFNO2S. The molecule has 0 aromatic heterocycles. The van der Waals surface area contributed by atoms with E-state index in [1.165, 1.54) is 18.2 Å². The van der Waals surface area contributed by atoms with Crippen LogP contribution in [0.25, 0.3) is 0 Å². The highest BCUT2D eigenvalue weighted by molar-refractivity contribution is 9.11. The standard InChI is InChI=1S/C13H9Br2ClFNO2S/c1-7-2-4-8(5-3-7)21(19,20)18-13-9(14)6-10(16)12(17)11(13)15/h2-6,18H,1H3. The van der Waals surface area contributed by atoms with Crippen LogP contribution >= 0.6 is 43.5 Å². The van der Waals surface area contributed by atoms with Crippen LogP contribution < -0.4 is 4.72 Å². The van der Waals surface area contributed by atoms with Gasteiger partial charge in [-0.05, 0) is 57.0 Å². The minimum Gasteiger partial charge on any atom is -0.277 e. The first kappa shape index (κ1) is 16.7. The maximum Gasteiger partial charge on any atom is 0.261 e. The molecule has 0 atom stereocenters. The number of nitrogens with one attached hydrogen (secondary N) is 1. The Balaban J connectivity index is 2.47. The molecule has 1 N–H and O–H groups in total. The van der Waals surface area contributed by atoms with Crippen LogP contribution in [-0.2, 0) is 10.0 Å². The monoisotopic (exact) mass is 455 g/mol. The summed E-state index contributed by atoms with van der Waals surface area (Å²) in [5.74, 6) is -0.735. The van der Waals surface area contributed by atoms with E-state index >= 15 is 0 Å². The Hall–Kier alpha value is -0.630. The summed E-state index contributed by atoms with van der Waals surface area (Å²) >= 11 is 11.8. The third kappa shape index (κ3) is 3.59. The second-order valence-electron chi connectivity index (χ2n) is 4.26. The lowest BCUT2D eigenvalue weighted by atomic mass is 10.2. The molecule has 0 saturated carbocycles. The topological polar surface area (TPSA) is 46.2 Å². The van der Waals surface area contributed by atoms with Crippen LogP contribution in [-0.4, -0.2) is 8.42 Å². The highest BCUT2D eigenvalue weighted by Crippen LogP contribution is 2.38. The van der Waals surface area contributed by atoms with Gasteiger partial charge in [0.05, 0.1) is 20.1 Å². The molecule has 0 radical (unpaired) electrons. The van der Waals surface area contributed by atoms with Gasteiger partial charge in [-0.1, -0.05) is 29.3 Å². The van der Waals surface area contributed by atoms with Gasteiger partial charge in [0.25, 0.3) is 10.0 Å². The number of rotatable bonds is 3. The van der Waals surface area contributed by atoms with E-state index in [2.05, 4.69) is 36.6 Å². The maximum absolute atomic E-state index is 13.8. The van der Waals surface area contributed by atoms with Crippen molar-refractivity contribution >= 4 is 59.2 Å². The minimum atomic E-state index is -3.82. The molecule has 2 aromatic rings. The molecule has 0 saturated heterocycles. The number of sulfonamides is 1. The molecule has 0 bridgehead atoms. The average Bonchev–Trinajstić information content (AvgIpc) is 2.42. The third-order valence-electron chi connectivity index (χ3n) is 2.68. The van der Waals surface area contributed by atoms with Crippen molar-refractivity contribution in [1.82, 2.24) is 0 Å². The normalized spacial score (nSPS) is 11.5. The van der Waals surface area contributed by atoms with E-state index in [-0.39, 0.29) is 20.1 Å². The molecule has 0 aliphatic rings. The molecule has 2 aromatic carbocycles. The molecule has 0 amide bonds. The molecule has 0 spiro atoms. The Morgan fingerprint density at radius 2 is 1.76 bits per heavy atom. The van der Waals surface area contributed by atoms with E-state index in [4.69, 9.17) is 11.6 Å². The third-order valence-corrected chi connectivity index (χ3v) is 5.69. The second-order valence-corrected chi connectivity index (χ2v) is 8.00. The van der Waals surface area contributed by atoms with Gasteiger partial charge in [0, 0.05) is 4.47 Å². The lowest BCUT2D eigenvalue weighted by molar-refractivity contribution is 0.601. The van der Waals surface area contributed by atoms with Crippen molar-refractivity contribution in [1.29, 1.82) is 0 Å². The van der Waals surface area contributed by atoms with Crippen molar-refractivity contribution in [3.05, 3.63) is 55.7 Å². The highest BCUT2D eigenvalue weighted by Gasteiger charge is 2.20. The van der Waals surface area contributed by atoms with Crippen molar-refractivity contribution in [3.8, 4) is 0 Å². The number of hydrogen-bond acceptors (Lipinski definition) is 2. The van der Waals surface area contributed by atoms with E-state index in [0.29, 0.717) is 4.47 Å². The summed E-state index contributed by atoms with van der Waals surface area (Å²) in [4.78, 5) is 0.0854. The fraction of sp³-hybridized carbons (Fsp3) is 0.0769. The first-order valence-electron chi connectivity index (χ1n) is 5.65. The highest BCUT2D eigenvalue weighted by atomic mass is 79.9. The molecule has 0 aliphatic heterocycles. The summed E-state index contributed by atoms with van der Waals surface area (Å²) in [5.41, 5.74) is 0.992. The van der Waals surface area contributed by atoms with Crippen LogP contribution in [0, 0.1) is 12.7 Å². The van der Waals surface area contributed by atoms with Crippen LogP contribution in [0.1, 0.15) is 5.56 Å². The lowest BCUT2D eigenvalue weighted by Crippen LogP contribution is -2.14. The smallest absolute Gasteiger partial charge is 0.261 e. The number of anilines is 1. The van der Waals surface area contributed by atoms with Crippen molar-refractivity contribution in [3.63, 3.8) is 0 Å². The fourth-order valence-electron chi connectivity index (χ4n) is 1.57. The van der Waals surface area contributed by atoms with E-state index in [1.807, 2.05) is 6.92 Å². The fourth-order valence-corrected chi connectivity index (χ4v) is 4.69. The van der Waals surface area contributed by atoms with Crippen LogP contribution in [0.5, 0.6) is 0 Å². The molecule has 8 heteroatoms. The average molecular weight is 458 g/mol. The van der Waals surface area contributed by atoms with Gasteiger partial charge >= 0.3 is 0 Å². The number of benzene rings is 2. The van der Waals surface area contributed by atoms with Gasteiger partial charge in [0.15, 0.2) is 5.82 Å². The Labute approximate surface area is 143 Å². The molecule has 0 fully saturated rings. The zero-order chi connectivity index (χ0) is 15.8. The van der Waals surface area contributed by atoms with Gasteiger partial charge in [-0.25, -0.2) is 12.8 Å². The van der Waals surface area contributed by atoms with E-state index < -0.39 is 15.8 Å². The van der Waals surface area contributed by atoms with Crippen LogP contribution in [0.4, 0.5) is 10.1 Å². The molecule has 21 heavy (non-hydrogen) atoms. The maximum atomic E-state index is 13.8. The van der Waals surface area contributed by atoms with Gasteiger partial charge in [-0.2, -0.15) is 0 Å². The van der Waals surface area contributed by atoms with Gasteiger partial charge in [0.2, 0.25) is 0 Å². The number of hydrogen-bond donors (Lipinski definition) is 1. The molecule has 0 aliphatic carbocycles. The predicted octanol–water partition coefficient (Wildman–Crippen LogP) is 5.11. The predicted molar refractivity (Wildman–Crippen MR) is 88.8 cm³/mol. The van der Waals surface area contributed by atoms with Crippen molar-refractivity contribution in [2.45, 2.75) is 11.8 Å². The number of aryl methyl sites for hydroxylation is 1.